The van der Waals surface area contributed by atoms with E-state index in [2.05, 4.69) is 10.3 Å². The first-order chi connectivity index (χ1) is 6.70. The third-order valence-corrected chi connectivity index (χ3v) is 2.02. The van der Waals surface area contributed by atoms with E-state index in [4.69, 9.17) is 0 Å². The van der Waals surface area contributed by atoms with E-state index in [0.717, 1.165) is 5.69 Å². The molecule has 0 bridgehead atoms. The molecule has 0 aliphatic rings. The molecular weight excluding hydrogens is 176 g/mol. The van der Waals surface area contributed by atoms with Crippen molar-refractivity contribution in [1.82, 2.24) is 4.98 Å². The summed E-state index contributed by atoms with van der Waals surface area (Å²) in [6, 6.07) is 3.78. The Kier molecular flexibility index (Phi) is 4.11. The smallest absolute Gasteiger partial charge is 0.137 e. The fraction of sp³-hybridized carbons (Fsp3) is 0.455. The lowest BCUT2D eigenvalue weighted by Gasteiger charge is -2.06. The Balaban J connectivity index is 2.26. The minimum absolute atomic E-state index is 0.134. The summed E-state index contributed by atoms with van der Waals surface area (Å²) in [6.07, 6.45) is 4.04. The van der Waals surface area contributed by atoms with Crippen molar-refractivity contribution in [3.05, 3.63) is 24.5 Å². The lowest BCUT2D eigenvalue weighted by Crippen LogP contribution is -2.13. The van der Waals surface area contributed by atoms with E-state index in [-0.39, 0.29) is 5.92 Å². The largest absolute Gasteiger partial charge is 0.385 e. The van der Waals surface area contributed by atoms with Crippen LogP contribution in [0.3, 0.4) is 0 Å². The van der Waals surface area contributed by atoms with Gasteiger partial charge in [0.05, 0.1) is 0 Å². The van der Waals surface area contributed by atoms with E-state index in [1.54, 1.807) is 12.4 Å². The molecule has 0 radical (unpaired) electrons. The molecule has 1 heterocycles. The van der Waals surface area contributed by atoms with Crippen LogP contribution >= 0.6 is 0 Å². The number of aromatic nitrogens is 1. The van der Waals surface area contributed by atoms with Crippen LogP contribution in [0.15, 0.2) is 24.5 Å². The van der Waals surface area contributed by atoms with Gasteiger partial charge in [0.1, 0.15) is 5.78 Å². The van der Waals surface area contributed by atoms with Gasteiger partial charge in [-0.15, -0.1) is 0 Å². The molecule has 1 rings (SSSR count). The average molecular weight is 192 g/mol. The molecule has 14 heavy (non-hydrogen) atoms. The van der Waals surface area contributed by atoms with Gasteiger partial charge in [0.25, 0.3) is 0 Å². The number of anilines is 1. The Hall–Kier alpha value is -1.38. The van der Waals surface area contributed by atoms with Crippen LogP contribution in [0.2, 0.25) is 0 Å². The zero-order valence-corrected chi connectivity index (χ0v) is 8.66. The third kappa shape index (κ3) is 3.56. The van der Waals surface area contributed by atoms with Gasteiger partial charge in [-0.1, -0.05) is 13.8 Å². The van der Waals surface area contributed by atoms with E-state index in [1.165, 1.54) is 0 Å². The molecule has 0 aliphatic carbocycles. The van der Waals surface area contributed by atoms with E-state index in [0.29, 0.717) is 18.7 Å². The van der Waals surface area contributed by atoms with Gasteiger partial charge in [-0.25, -0.2) is 0 Å². The summed E-state index contributed by atoms with van der Waals surface area (Å²) in [5.74, 6) is 0.431. The van der Waals surface area contributed by atoms with Gasteiger partial charge in [-0.05, 0) is 12.1 Å². The van der Waals surface area contributed by atoms with Crippen molar-refractivity contribution < 1.29 is 4.79 Å². The molecule has 1 aromatic rings. The summed E-state index contributed by atoms with van der Waals surface area (Å²) < 4.78 is 0. The summed E-state index contributed by atoms with van der Waals surface area (Å²) in [6.45, 7) is 4.55. The van der Waals surface area contributed by atoms with Crippen LogP contribution in [0.5, 0.6) is 0 Å². The maximum atomic E-state index is 11.3. The van der Waals surface area contributed by atoms with Gasteiger partial charge in [0.2, 0.25) is 0 Å². The highest BCUT2D eigenvalue weighted by Crippen LogP contribution is 2.04. The quantitative estimate of drug-likeness (QED) is 0.776. The minimum atomic E-state index is 0.134. The molecule has 0 fully saturated rings. The molecule has 0 aromatic carbocycles. The number of hydrogen-bond acceptors (Lipinski definition) is 3. The molecule has 0 unspecified atom stereocenters. The van der Waals surface area contributed by atoms with Gasteiger partial charge in [-0.2, -0.15) is 0 Å². The Labute approximate surface area is 84.6 Å². The first-order valence-corrected chi connectivity index (χ1v) is 4.87. The number of rotatable bonds is 5. The minimum Gasteiger partial charge on any atom is -0.385 e. The van der Waals surface area contributed by atoms with Crippen LogP contribution in [0, 0.1) is 5.92 Å². The molecule has 0 atom stereocenters. The predicted octanol–water partition coefficient (Wildman–Crippen LogP) is 2.11. The van der Waals surface area contributed by atoms with Crippen LogP contribution in [-0.4, -0.2) is 17.3 Å². The standard InChI is InChI=1S/C11H16N2O/c1-9(2)11(14)5-8-13-10-3-6-12-7-4-10/h3-4,6-7,9H,5,8H2,1-2H3,(H,12,13). The van der Waals surface area contributed by atoms with E-state index >= 15 is 0 Å². The first kappa shape index (κ1) is 10.7. The van der Waals surface area contributed by atoms with Gasteiger partial charge in [-0.3, -0.25) is 9.78 Å². The molecule has 0 spiro atoms. The number of nitrogens with zero attached hydrogens (tertiary/aromatic N) is 1. The Morgan fingerprint density at radius 3 is 2.64 bits per heavy atom. The number of ketones is 1. The zero-order valence-electron chi connectivity index (χ0n) is 8.66. The van der Waals surface area contributed by atoms with Crippen molar-refractivity contribution in [2.45, 2.75) is 20.3 Å². The molecular formula is C11H16N2O. The highest BCUT2D eigenvalue weighted by Gasteiger charge is 2.05. The molecule has 3 nitrogen and oxygen atoms in total. The molecule has 0 amide bonds. The Morgan fingerprint density at radius 2 is 2.07 bits per heavy atom. The molecule has 1 N–H and O–H groups in total. The molecule has 0 saturated carbocycles. The van der Waals surface area contributed by atoms with E-state index < -0.39 is 0 Å². The fourth-order valence-corrected chi connectivity index (χ4v) is 1.09. The van der Waals surface area contributed by atoms with Gasteiger partial charge in [0, 0.05) is 37.0 Å². The molecule has 76 valence electrons. The number of nitrogens with one attached hydrogen (secondary N) is 1. The summed E-state index contributed by atoms with van der Waals surface area (Å²) in [5, 5.41) is 3.17. The van der Waals surface area contributed by atoms with Crippen molar-refractivity contribution in [3.8, 4) is 0 Å². The van der Waals surface area contributed by atoms with Crippen molar-refractivity contribution in [1.29, 1.82) is 0 Å². The summed E-state index contributed by atoms with van der Waals surface area (Å²) in [4.78, 5) is 15.2. The summed E-state index contributed by atoms with van der Waals surface area (Å²) in [5.41, 5.74) is 1.01. The van der Waals surface area contributed by atoms with Crippen molar-refractivity contribution >= 4 is 11.5 Å². The van der Waals surface area contributed by atoms with Crippen LogP contribution in [-0.2, 0) is 4.79 Å². The molecule has 3 heteroatoms. The van der Waals surface area contributed by atoms with Crippen LogP contribution in [0.25, 0.3) is 0 Å². The number of hydrogen-bond donors (Lipinski definition) is 1. The Morgan fingerprint density at radius 1 is 1.43 bits per heavy atom. The number of carbonyl (C=O) groups is 1. The van der Waals surface area contributed by atoms with Crippen molar-refractivity contribution in [2.24, 2.45) is 5.92 Å². The summed E-state index contributed by atoms with van der Waals surface area (Å²) >= 11 is 0. The fourth-order valence-electron chi connectivity index (χ4n) is 1.09. The van der Waals surface area contributed by atoms with Crippen LogP contribution < -0.4 is 5.32 Å². The van der Waals surface area contributed by atoms with Crippen LogP contribution in [0.4, 0.5) is 5.69 Å². The highest BCUT2D eigenvalue weighted by atomic mass is 16.1. The second kappa shape index (κ2) is 5.37. The Bertz CT molecular complexity index is 283. The highest BCUT2D eigenvalue weighted by molar-refractivity contribution is 5.80. The normalized spacial score (nSPS) is 10.2. The maximum absolute atomic E-state index is 11.3. The first-order valence-electron chi connectivity index (χ1n) is 4.87. The molecule has 0 saturated heterocycles. The number of Topliss-reactive ketones (excluding diaryl/α,β-unsaturated/α-hetero) is 1. The monoisotopic (exact) mass is 192 g/mol. The molecule has 1 aromatic heterocycles. The maximum Gasteiger partial charge on any atom is 0.137 e. The van der Waals surface area contributed by atoms with E-state index in [9.17, 15) is 4.79 Å². The zero-order chi connectivity index (χ0) is 10.4. The lowest BCUT2D eigenvalue weighted by molar-refractivity contribution is -0.121. The van der Waals surface area contributed by atoms with Gasteiger partial charge >= 0.3 is 0 Å². The van der Waals surface area contributed by atoms with Gasteiger partial charge in [0.15, 0.2) is 0 Å². The lowest BCUT2D eigenvalue weighted by atomic mass is 10.1. The number of pyridine rings is 1. The second-order valence-electron chi connectivity index (χ2n) is 3.53. The predicted molar refractivity (Wildman–Crippen MR) is 57.2 cm³/mol. The van der Waals surface area contributed by atoms with Crippen LogP contribution in [0.1, 0.15) is 20.3 Å². The molecule has 0 aliphatic heterocycles. The summed E-state index contributed by atoms with van der Waals surface area (Å²) in [7, 11) is 0. The average Bonchev–Trinajstić information content (AvgIpc) is 2.19. The van der Waals surface area contributed by atoms with E-state index in [1.807, 2.05) is 26.0 Å². The SMILES string of the molecule is CC(C)C(=O)CCNc1ccncc1. The topological polar surface area (TPSA) is 42.0 Å². The van der Waals surface area contributed by atoms with Crippen molar-refractivity contribution in [3.63, 3.8) is 0 Å². The third-order valence-electron chi connectivity index (χ3n) is 2.02. The van der Waals surface area contributed by atoms with Crippen molar-refractivity contribution in [2.75, 3.05) is 11.9 Å². The van der Waals surface area contributed by atoms with Gasteiger partial charge < -0.3 is 5.32 Å². The second-order valence-corrected chi connectivity index (χ2v) is 3.53. The number of carbonyl (C=O) groups excluding carboxylic acids is 1.